The van der Waals surface area contributed by atoms with E-state index in [1.54, 1.807) is 29.7 Å². The molecule has 22 heavy (non-hydrogen) atoms. The van der Waals surface area contributed by atoms with Crippen LogP contribution in [0.15, 0.2) is 34.6 Å². The number of rotatable bonds is 3. The Morgan fingerprint density at radius 1 is 1.41 bits per heavy atom. The fraction of sp³-hybridized carbons (Fsp3) is 0.438. The lowest BCUT2D eigenvalue weighted by Crippen LogP contribution is -2.41. The fourth-order valence-electron chi connectivity index (χ4n) is 2.84. The van der Waals surface area contributed by atoms with Gasteiger partial charge in [0.05, 0.1) is 6.04 Å². The van der Waals surface area contributed by atoms with Crippen molar-refractivity contribution in [1.29, 1.82) is 0 Å². The number of nitrogens with zero attached hydrogens (tertiary/aromatic N) is 3. The van der Waals surface area contributed by atoms with E-state index in [-0.39, 0.29) is 24.1 Å². The quantitative estimate of drug-likeness (QED) is 0.873. The third-order valence-corrected chi connectivity index (χ3v) is 5.01. The zero-order chi connectivity index (χ0) is 15.5. The maximum Gasteiger partial charge on any atom is 0.250 e. The molecule has 0 radical (unpaired) electrons. The van der Waals surface area contributed by atoms with Gasteiger partial charge in [0.25, 0.3) is 5.56 Å². The molecule has 0 aromatic carbocycles. The molecule has 2 aromatic rings. The third-order valence-electron chi connectivity index (χ3n) is 3.95. The van der Waals surface area contributed by atoms with Gasteiger partial charge in [-0.05, 0) is 32.3 Å². The van der Waals surface area contributed by atoms with Crippen LogP contribution in [0.25, 0.3) is 0 Å². The maximum atomic E-state index is 12.7. The Hall–Kier alpha value is -1.95. The van der Waals surface area contributed by atoms with Crippen LogP contribution < -0.4 is 5.56 Å². The summed E-state index contributed by atoms with van der Waals surface area (Å²) >= 11 is 1.61. The Morgan fingerprint density at radius 3 is 3.00 bits per heavy atom. The van der Waals surface area contributed by atoms with Crippen LogP contribution in [0.4, 0.5) is 0 Å². The predicted molar refractivity (Wildman–Crippen MR) is 85.9 cm³/mol. The van der Waals surface area contributed by atoms with Crippen molar-refractivity contribution in [2.75, 3.05) is 6.54 Å². The van der Waals surface area contributed by atoms with E-state index in [2.05, 4.69) is 4.98 Å². The smallest absolute Gasteiger partial charge is 0.250 e. The normalized spacial score (nSPS) is 18.4. The van der Waals surface area contributed by atoms with Crippen LogP contribution in [0.2, 0.25) is 0 Å². The average molecular weight is 317 g/mol. The molecule has 116 valence electrons. The molecule has 1 aliphatic rings. The summed E-state index contributed by atoms with van der Waals surface area (Å²) in [5.41, 5.74) is 0.853. The van der Waals surface area contributed by atoms with Crippen molar-refractivity contribution in [2.45, 2.75) is 38.8 Å². The van der Waals surface area contributed by atoms with Crippen LogP contribution in [0.1, 0.15) is 36.0 Å². The van der Waals surface area contributed by atoms with Crippen molar-refractivity contribution >= 4 is 17.2 Å². The molecule has 1 aliphatic heterocycles. The second-order valence-electron chi connectivity index (χ2n) is 5.59. The second-order valence-corrected chi connectivity index (χ2v) is 6.48. The first-order valence-electron chi connectivity index (χ1n) is 7.52. The summed E-state index contributed by atoms with van der Waals surface area (Å²) in [6, 6.07) is 4.99. The van der Waals surface area contributed by atoms with Gasteiger partial charge in [-0.2, -0.15) is 0 Å². The van der Waals surface area contributed by atoms with Gasteiger partial charge in [-0.25, -0.2) is 4.98 Å². The second kappa shape index (κ2) is 6.44. The molecule has 0 N–H and O–H groups in total. The number of pyridine rings is 1. The minimum atomic E-state index is -0.144. The number of likely N-dealkylation sites (tertiary alicyclic amines) is 1. The zero-order valence-electron chi connectivity index (χ0n) is 12.6. The van der Waals surface area contributed by atoms with Crippen molar-refractivity contribution in [3.8, 4) is 0 Å². The van der Waals surface area contributed by atoms with Crippen LogP contribution in [0.3, 0.4) is 0 Å². The lowest BCUT2D eigenvalue weighted by Gasteiger charge is -2.34. The number of hydrogen-bond acceptors (Lipinski definition) is 4. The maximum absolute atomic E-state index is 12.7. The van der Waals surface area contributed by atoms with Crippen LogP contribution in [-0.2, 0) is 11.3 Å². The van der Waals surface area contributed by atoms with Crippen LogP contribution in [0.5, 0.6) is 0 Å². The third kappa shape index (κ3) is 3.11. The van der Waals surface area contributed by atoms with Gasteiger partial charge in [0, 0.05) is 29.9 Å². The number of aromatic nitrogens is 2. The molecule has 1 saturated heterocycles. The summed E-state index contributed by atoms with van der Waals surface area (Å²) in [4.78, 5) is 30.9. The van der Waals surface area contributed by atoms with Gasteiger partial charge in [-0.15, -0.1) is 11.3 Å². The molecule has 0 saturated carbocycles. The van der Waals surface area contributed by atoms with Gasteiger partial charge < -0.3 is 9.47 Å². The molecule has 0 spiro atoms. The molecule has 0 unspecified atom stereocenters. The Morgan fingerprint density at radius 2 is 2.27 bits per heavy atom. The Kier molecular flexibility index (Phi) is 4.38. The molecule has 3 rings (SSSR count). The first-order chi connectivity index (χ1) is 10.6. The number of carbonyl (C=O) groups is 1. The van der Waals surface area contributed by atoms with Crippen molar-refractivity contribution in [1.82, 2.24) is 14.5 Å². The van der Waals surface area contributed by atoms with Crippen molar-refractivity contribution in [3.05, 3.63) is 50.8 Å². The summed E-state index contributed by atoms with van der Waals surface area (Å²) in [5.74, 6) is -0.00847. The van der Waals surface area contributed by atoms with Crippen molar-refractivity contribution in [2.24, 2.45) is 0 Å². The number of amides is 1. The van der Waals surface area contributed by atoms with Crippen molar-refractivity contribution < 1.29 is 4.79 Å². The monoisotopic (exact) mass is 317 g/mol. The molecule has 1 atom stereocenters. The molecule has 2 aromatic heterocycles. The summed E-state index contributed by atoms with van der Waals surface area (Å²) in [6.07, 6.45) is 4.73. The first kappa shape index (κ1) is 15.0. The highest BCUT2D eigenvalue weighted by atomic mass is 32.1. The summed E-state index contributed by atoms with van der Waals surface area (Å²) in [7, 11) is 0. The summed E-state index contributed by atoms with van der Waals surface area (Å²) in [5, 5.41) is 3.03. The number of thiazole rings is 1. The predicted octanol–water partition coefficient (Wildman–Crippen LogP) is 2.37. The highest BCUT2D eigenvalue weighted by Crippen LogP contribution is 2.32. The Balaban J connectivity index is 1.80. The fourth-order valence-corrected chi connectivity index (χ4v) is 3.78. The molecule has 5 nitrogen and oxygen atoms in total. The van der Waals surface area contributed by atoms with Gasteiger partial charge in [0.1, 0.15) is 11.6 Å². The van der Waals surface area contributed by atoms with Gasteiger partial charge in [0.15, 0.2) is 0 Å². The lowest BCUT2D eigenvalue weighted by atomic mass is 10.0. The Bertz CT molecular complexity index is 722. The van der Waals surface area contributed by atoms with Gasteiger partial charge >= 0.3 is 0 Å². The lowest BCUT2D eigenvalue weighted by molar-refractivity contribution is -0.135. The van der Waals surface area contributed by atoms with Crippen LogP contribution in [0, 0.1) is 6.92 Å². The summed E-state index contributed by atoms with van der Waals surface area (Å²) in [6.45, 7) is 2.81. The molecule has 1 amide bonds. The van der Waals surface area contributed by atoms with Gasteiger partial charge in [0.2, 0.25) is 5.91 Å². The highest BCUT2D eigenvalue weighted by Gasteiger charge is 2.29. The summed E-state index contributed by atoms with van der Waals surface area (Å²) < 4.78 is 1.46. The molecule has 1 fully saturated rings. The minimum Gasteiger partial charge on any atom is -0.332 e. The van der Waals surface area contributed by atoms with Crippen LogP contribution >= 0.6 is 11.3 Å². The van der Waals surface area contributed by atoms with Gasteiger partial charge in [-0.1, -0.05) is 6.07 Å². The minimum absolute atomic E-state index is 0.00847. The number of aryl methyl sites for hydroxylation is 1. The largest absolute Gasteiger partial charge is 0.332 e. The van der Waals surface area contributed by atoms with E-state index in [1.807, 2.05) is 17.2 Å². The van der Waals surface area contributed by atoms with E-state index in [1.165, 1.54) is 10.6 Å². The van der Waals surface area contributed by atoms with E-state index in [4.69, 9.17) is 0 Å². The molecule has 3 heterocycles. The topological polar surface area (TPSA) is 55.2 Å². The SMILES string of the molecule is Cc1csc([C@@H]2CCCCN2C(=O)Cn2ccccc2=O)n1. The first-order valence-corrected chi connectivity index (χ1v) is 8.40. The average Bonchev–Trinajstić information content (AvgIpc) is 2.96. The highest BCUT2D eigenvalue weighted by molar-refractivity contribution is 7.09. The van der Waals surface area contributed by atoms with E-state index >= 15 is 0 Å². The molecule has 0 aliphatic carbocycles. The number of carbonyl (C=O) groups excluding carboxylic acids is 1. The molecular formula is C16H19N3O2S. The number of piperidine rings is 1. The molecular weight excluding hydrogens is 298 g/mol. The van der Waals surface area contributed by atoms with Crippen molar-refractivity contribution in [3.63, 3.8) is 0 Å². The molecule has 0 bridgehead atoms. The Labute approximate surface area is 133 Å². The number of hydrogen-bond donors (Lipinski definition) is 0. The zero-order valence-corrected chi connectivity index (χ0v) is 13.4. The van der Waals surface area contributed by atoms with Crippen LogP contribution in [-0.4, -0.2) is 26.9 Å². The van der Waals surface area contributed by atoms with Gasteiger partial charge in [-0.3, -0.25) is 9.59 Å². The van der Waals surface area contributed by atoms with E-state index in [9.17, 15) is 9.59 Å². The van der Waals surface area contributed by atoms with E-state index in [0.717, 1.165) is 36.5 Å². The molecule has 6 heteroatoms. The van der Waals surface area contributed by atoms with E-state index in [0.29, 0.717) is 0 Å². The van der Waals surface area contributed by atoms with E-state index < -0.39 is 0 Å². The standard InChI is InChI=1S/C16H19N3O2S/c1-12-11-22-16(17-12)13-6-2-5-9-19(13)15(21)10-18-8-4-3-7-14(18)20/h3-4,7-8,11,13H,2,5-6,9-10H2,1H3/t13-/m0/s1.